The summed E-state index contributed by atoms with van der Waals surface area (Å²) in [4.78, 5) is 33.2. The van der Waals surface area contributed by atoms with Gasteiger partial charge in [0.2, 0.25) is 0 Å². The molecule has 2 fully saturated rings. The number of nitrogens with two attached hydrogens (primary N) is 1. The summed E-state index contributed by atoms with van der Waals surface area (Å²) in [6.45, 7) is -1.13. The molecule has 3 heterocycles. The van der Waals surface area contributed by atoms with Crippen LogP contribution in [0.15, 0.2) is 11.0 Å². The van der Waals surface area contributed by atoms with Crippen LogP contribution in [0.25, 0.3) is 0 Å². The molecule has 0 aliphatic carbocycles. The number of aromatic nitrogens is 2. The monoisotopic (exact) mass is 533 g/mol. The molecular formula is C10H13F3N3O13P3. The number of nitrogens with zero attached hydrogens (tertiary/aromatic N) is 2. The third-order valence-corrected chi connectivity index (χ3v) is 9.27. The SMILES string of the molecule is Nc1nc(=O)n(C2OC(COP3(=O)OP(=O)(O)OP(=O)(O)O3)C(O)C2O)cc1C(F)(F)F. The molecule has 3 rings (SSSR count). The van der Waals surface area contributed by atoms with Crippen LogP contribution in [0.3, 0.4) is 0 Å². The summed E-state index contributed by atoms with van der Waals surface area (Å²) in [5.41, 5.74) is 2.14. The molecule has 22 heteroatoms. The predicted octanol–water partition coefficient (Wildman–Crippen LogP) is -0.148. The third-order valence-electron chi connectivity index (χ3n) is 3.91. The van der Waals surface area contributed by atoms with Gasteiger partial charge in [-0.05, 0) is 0 Å². The molecule has 6 unspecified atom stereocenters. The summed E-state index contributed by atoms with van der Waals surface area (Å²) in [6, 6.07) is 0. The minimum Gasteiger partial charge on any atom is -0.387 e. The molecule has 0 bridgehead atoms. The van der Waals surface area contributed by atoms with E-state index in [0.717, 1.165) is 0 Å². The first kappa shape index (κ1) is 25.4. The largest absolute Gasteiger partial charge is 0.492 e. The lowest BCUT2D eigenvalue weighted by Crippen LogP contribution is -2.37. The predicted molar refractivity (Wildman–Crippen MR) is 90.3 cm³/mol. The number of alkyl halides is 3. The van der Waals surface area contributed by atoms with E-state index >= 15 is 0 Å². The normalized spacial score (nSPS) is 40.5. The van der Waals surface area contributed by atoms with Crippen LogP contribution in [-0.2, 0) is 42.1 Å². The summed E-state index contributed by atoms with van der Waals surface area (Å²) >= 11 is 0. The molecule has 2 aliphatic rings. The lowest BCUT2D eigenvalue weighted by molar-refractivity contribution is -0.138. The second-order valence-corrected chi connectivity index (χ2v) is 11.2. The summed E-state index contributed by atoms with van der Waals surface area (Å²) in [7, 11) is -16.0. The van der Waals surface area contributed by atoms with Gasteiger partial charge in [-0.25, -0.2) is 18.5 Å². The van der Waals surface area contributed by atoms with E-state index in [-0.39, 0.29) is 10.8 Å². The molecule has 1 aromatic heterocycles. The number of hydrogen-bond acceptors (Lipinski definition) is 13. The van der Waals surface area contributed by atoms with Gasteiger partial charge in [-0.15, -0.1) is 0 Å². The molecule has 0 spiro atoms. The fourth-order valence-electron chi connectivity index (χ4n) is 2.62. The Kier molecular flexibility index (Phi) is 6.54. The fraction of sp³-hybridized carbons (Fsp3) is 0.600. The highest BCUT2D eigenvalue weighted by atomic mass is 31.3. The topological polar surface area (TPSA) is 239 Å². The first-order valence-corrected chi connectivity index (χ1v) is 12.4. The van der Waals surface area contributed by atoms with E-state index < -0.39 is 77.9 Å². The molecule has 0 amide bonds. The van der Waals surface area contributed by atoms with Crippen molar-refractivity contribution in [3.8, 4) is 0 Å². The van der Waals surface area contributed by atoms with Gasteiger partial charge in [0.05, 0.1) is 6.61 Å². The Morgan fingerprint density at radius 3 is 2.22 bits per heavy atom. The van der Waals surface area contributed by atoms with Crippen LogP contribution in [-0.4, -0.2) is 54.5 Å². The smallest absolute Gasteiger partial charge is 0.387 e. The Labute approximate surface area is 174 Å². The van der Waals surface area contributed by atoms with Gasteiger partial charge in [0.1, 0.15) is 29.7 Å². The van der Waals surface area contributed by atoms with E-state index in [4.69, 9.17) is 20.3 Å². The maximum absolute atomic E-state index is 13.0. The van der Waals surface area contributed by atoms with Crippen molar-refractivity contribution in [1.29, 1.82) is 0 Å². The highest BCUT2D eigenvalue weighted by Gasteiger charge is 2.55. The minimum absolute atomic E-state index is 0.181. The maximum atomic E-state index is 13.0. The van der Waals surface area contributed by atoms with Gasteiger partial charge >= 0.3 is 35.3 Å². The molecule has 6 atom stereocenters. The van der Waals surface area contributed by atoms with Gasteiger partial charge in [-0.3, -0.25) is 9.09 Å². The number of anilines is 1. The highest BCUT2D eigenvalue weighted by molar-refractivity contribution is 7.74. The molecule has 0 saturated carbocycles. The molecule has 182 valence electrons. The standard InChI is InChI=1S/C10H13F3N3O13P3/c11-10(12,13)3-1-16(9(19)15-7(3)14)8-6(18)5(17)4(26-8)2-25-32(24)28-30(20,21)27-31(22,23)29-32/h1,4-6,8,17-18H,2H2,(H,20,21)(H,22,23)(H2,14,15,19). The lowest BCUT2D eigenvalue weighted by atomic mass is 10.1. The van der Waals surface area contributed by atoms with Crippen LogP contribution in [0, 0.1) is 0 Å². The van der Waals surface area contributed by atoms with Crippen LogP contribution in [0.4, 0.5) is 19.0 Å². The van der Waals surface area contributed by atoms with E-state index in [2.05, 4.69) is 22.4 Å². The zero-order valence-corrected chi connectivity index (χ0v) is 17.7. The van der Waals surface area contributed by atoms with Crippen LogP contribution in [0.5, 0.6) is 0 Å². The van der Waals surface area contributed by atoms with Crippen molar-refractivity contribution in [1.82, 2.24) is 9.55 Å². The number of phosphoric acid groups is 3. The van der Waals surface area contributed by atoms with E-state index in [1.807, 2.05) is 0 Å². The molecule has 0 aromatic carbocycles. The Hall–Kier alpha value is -1.20. The van der Waals surface area contributed by atoms with Gasteiger partial charge in [0, 0.05) is 6.20 Å². The highest BCUT2D eigenvalue weighted by Crippen LogP contribution is 2.80. The summed E-state index contributed by atoms with van der Waals surface area (Å²) in [6.07, 6.45) is -12.6. The number of ether oxygens (including phenoxy) is 1. The molecule has 2 saturated heterocycles. The van der Waals surface area contributed by atoms with Gasteiger partial charge in [-0.1, -0.05) is 0 Å². The molecule has 1 aromatic rings. The quantitative estimate of drug-likeness (QED) is 0.316. The van der Waals surface area contributed by atoms with E-state index in [0.29, 0.717) is 0 Å². The second kappa shape index (κ2) is 8.23. The molecule has 16 nitrogen and oxygen atoms in total. The van der Waals surface area contributed by atoms with Crippen molar-refractivity contribution in [3.05, 3.63) is 22.2 Å². The zero-order chi connectivity index (χ0) is 24.3. The molecular weight excluding hydrogens is 520 g/mol. The van der Waals surface area contributed by atoms with E-state index in [1.165, 1.54) is 0 Å². The van der Waals surface area contributed by atoms with Crippen LogP contribution < -0.4 is 11.4 Å². The van der Waals surface area contributed by atoms with Crippen LogP contribution >= 0.6 is 23.5 Å². The van der Waals surface area contributed by atoms with Gasteiger partial charge in [0.25, 0.3) is 0 Å². The summed E-state index contributed by atoms with van der Waals surface area (Å²) < 4.78 is 95.4. The molecule has 2 aliphatic heterocycles. The van der Waals surface area contributed by atoms with Gasteiger partial charge < -0.3 is 30.5 Å². The Morgan fingerprint density at radius 2 is 1.69 bits per heavy atom. The Morgan fingerprint density at radius 1 is 1.12 bits per heavy atom. The first-order valence-electron chi connectivity index (χ1n) is 7.95. The van der Waals surface area contributed by atoms with Gasteiger partial charge in [0.15, 0.2) is 6.23 Å². The van der Waals surface area contributed by atoms with E-state index in [9.17, 15) is 41.9 Å². The van der Waals surface area contributed by atoms with E-state index in [1.54, 1.807) is 0 Å². The van der Waals surface area contributed by atoms with Crippen LogP contribution in [0.2, 0.25) is 0 Å². The molecule has 6 N–H and O–H groups in total. The third kappa shape index (κ3) is 5.30. The first-order chi connectivity index (χ1) is 14.4. The minimum atomic E-state index is -5.36. The number of nitrogen functional groups attached to an aromatic ring is 1. The number of aliphatic hydroxyl groups excluding tert-OH is 2. The maximum Gasteiger partial charge on any atom is 0.492 e. The van der Waals surface area contributed by atoms with Crippen molar-refractivity contribution >= 4 is 29.3 Å². The molecule has 32 heavy (non-hydrogen) atoms. The zero-order valence-electron chi connectivity index (χ0n) is 15.0. The Balaban J connectivity index is 1.81. The average Bonchev–Trinajstić information content (AvgIpc) is 2.84. The Bertz CT molecular complexity index is 1080. The number of rotatable bonds is 4. The summed E-state index contributed by atoms with van der Waals surface area (Å²) in [5.74, 6) is -1.15. The fourth-order valence-corrected chi connectivity index (χ4v) is 7.55. The molecule has 0 radical (unpaired) electrons. The lowest BCUT2D eigenvalue weighted by Gasteiger charge is -2.27. The summed E-state index contributed by atoms with van der Waals surface area (Å²) in [5, 5.41) is 20.1. The average molecular weight is 533 g/mol. The number of halogens is 3. The van der Waals surface area contributed by atoms with Crippen molar-refractivity contribution in [2.24, 2.45) is 0 Å². The van der Waals surface area contributed by atoms with Crippen molar-refractivity contribution in [2.75, 3.05) is 12.3 Å². The number of aliphatic hydroxyl groups is 2. The van der Waals surface area contributed by atoms with Crippen molar-refractivity contribution in [2.45, 2.75) is 30.7 Å². The second-order valence-electron chi connectivity index (χ2n) is 6.20. The van der Waals surface area contributed by atoms with Gasteiger partial charge in [-0.2, -0.15) is 31.1 Å². The number of hydrogen-bond donors (Lipinski definition) is 5. The van der Waals surface area contributed by atoms with Crippen molar-refractivity contribution < 1.29 is 69.1 Å². The van der Waals surface area contributed by atoms with Crippen molar-refractivity contribution in [3.63, 3.8) is 0 Å². The van der Waals surface area contributed by atoms with Crippen LogP contribution in [0.1, 0.15) is 11.8 Å².